The first-order valence-corrected chi connectivity index (χ1v) is 5.37. The van der Waals surface area contributed by atoms with Crippen molar-refractivity contribution in [3.63, 3.8) is 0 Å². The summed E-state index contributed by atoms with van der Waals surface area (Å²) < 4.78 is 23.7. The van der Waals surface area contributed by atoms with Gasteiger partial charge in [0.05, 0.1) is 12.3 Å². The maximum atomic E-state index is 11.3. The summed E-state index contributed by atoms with van der Waals surface area (Å²) in [5.74, 6) is -0.0871. The van der Waals surface area contributed by atoms with Crippen molar-refractivity contribution in [3.8, 4) is 0 Å². The summed E-state index contributed by atoms with van der Waals surface area (Å²) in [6, 6.07) is 0. The predicted molar refractivity (Wildman–Crippen MR) is 44.0 cm³/mol. The first-order valence-electron chi connectivity index (χ1n) is 3.76. The third-order valence-corrected chi connectivity index (χ3v) is 3.61. The van der Waals surface area contributed by atoms with Gasteiger partial charge in [0.1, 0.15) is 5.78 Å². The molecule has 0 radical (unpaired) electrons. The molecule has 1 heterocycles. The van der Waals surface area contributed by atoms with Gasteiger partial charge < -0.3 is 5.73 Å². The molecule has 0 unspecified atom stereocenters. The van der Waals surface area contributed by atoms with Gasteiger partial charge in [0.2, 0.25) is 10.0 Å². The van der Waals surface area contributed by atoms with Crippen LogP contribution in [0.25, 0.3) is 0 Å². The predicted octanol–water partition coefficient (Wildman–Crippen LogP) is -1.45. The van der Waals surface area contributed by atoms with E-state index in [9.17, 15) is 13.2 Å². The van der Waals surface area contributed by atoms with E-state index in [1.807, 2.05) is 0 Å². The summed E-state index contributed by atoms with van der Waals surface area (Å²) in [7, 11) is -3.26. The Balaban J connectivity index is 2.64. The van der Waals surface area contributed by atoms with Crippen LogP contribution in [-0.4, -0.2) is 43.9 Å². The third kappa shape index (κ3) is 2.02. The van der Waals surface area contributed by atoms with Crippen molar-refractivity contribution in [1.29, 1.82) is 0 Å². The Bertz CT molecular complexity index is 273. The molecule has 1 aliphatic heterocycles. The number of sulfonamides is 1. The van der Waals surface area contributed by atoms with Gasteiger partial charge in [-0.15, -0.1) is 0 Å². The molecule has 0 saturated carbocycles. The van der Waals surface area contributed by atoms with Gasteiger partial charge in [-0.05, 0) is 0 Å². The van der Waals surface area contributed by atoms with E-state index in [2.05, 4.69) is 0 Å². The van der Waals surface area contributed by atoms with Crippen LogP contribution in [0.2, 0.25) is 0 Å². The summed E-state index contributed by atoms with van der Waals surface area (Å²) in [5.41, 5.74) is 5.13. The lowest BCUT2D eigenvalue weighted by Crippen LogP contribution is -2.33. The average molecular weight is 192 g/mol. The second-order valence-corrected chi connectivity index (χ2v) is 4.82. The highest BCUT2D eigenvalue weighted by Crippen LogP contribution is 2.09. The first-order chi connectivity index (χ1) is 5.56. The minimum absolute atomic E-state index is 0.0180. The molecular weight excluding hydrogens is 180 g/mol. The van der Waals surface area contributed by atoms with Crippen LogP contribution in [0.1, 0.15) is 6.42 Å². The molecule has 5 nitrogen and oxygen atoms in total. The molecular formula is C6H12N2O3S. The molecule has 0 amide bonds. The highest BCUT2D eigenvalue weighted by Gasteiger charge is 2.28. The van der Waals surface area contributed by atoms with Crippen LogP contribution in [-0.2, 0) is 14.8 Å². The fourth-order valence-electron chi connectivity index (χ4n) is 1.12. The zero-order valence-corrected chi connectivity index (χ0v) is 7.51. The zero-order valence-electron chi connectivity index (χ0n) is 6.69. The van der Waals surface area contributed by atoms with Crippen molar-refractivity contribution in [3.05, 3.63) is 0 Å². The van der Waals surface area contributed by atoms with Crippen LogP contribution in [0.3, 0.4) is 0 Å². The SMILES string of the molecule is NCCS(=O)(=O)N1CCC(=O)C1. The first kappa shape index (κ1) is 9.63. The van der Waals surface area contributed by atoms with Gasteiger partial charge in [0.15, 0.2) is 0 Å². The summed E-state index contributed by atoms with van der Waals surface area (Å²) in [6.45, 7) is 0.455. The van der Waals surface area contributed by atoms with Gasteiger partial charge in [-0.25, -0.2) is 8.42 Å². The Morgan fingerprint density at radius 1 is 1.50 bits per heavy atom. The molecule has 70 valence electrons. The lowest BCUT2D eigenvalue weighted by Gasteiger charge is -2.12. The molecule has 0 aromatic rings. The van der Waals surface area contributed by atoms with E-state index >= 15 is 0 Å². The number of nitrogens with two attached hydrogens (primary N) is 1. The lowest BCUT2D eigenvalue weighted by molar-refractivity contribution is -0.116. The van der Waals surface area contributed by atoms with Gasteiger partial charge in [-0.1, -0.05) is 0 Å². The fraction of sp³-hybridized carbons (Fsp3) is 0.833. The Kier molecular flexibility index (Phi) is 2.81. The van der Waals surface area contributed by atoms with E-state index in [1.165, 1.54) is 4.31 Å². The van der Waals surface area contributed by atoms with Crippen LogP contribution >= 0.6 is 0 Å². The van der Waals surface area contributed by atoms with Gasteiger partial charge in [-0.3, -0.25) is 4.79 Å². The largest absolute Gasteiger partial charge is 0.329 e. The van der Waals surface area contributed by atoms with Gasteiger partial charge in [-0.2, -0.15) is 4.31 Å². The van der Waals surface area contributed by atoms with Gasteiger partial charge in [0.25, 0.3) is 0 Å². The monoisotopic (exact) mass is 192 g/mol. The van der Waals surface area contributed by atoms with Crippen LogP contribution in [0, 0.1) is 0 Å². The number of ketones is 1. The molecule has 0 atom stereocenters. The number of carbonyl (C=O) groups is 1. The van der Waals surface area contributed by atoms with Crippen LogP contribution in [0.15, 0.2) is 0 Å². The van der Waals surface area contributed by atoms with Crippen LogP contribution < -0.4 is 5.73 Å². The lowest BCUT2D eigenvalue weighted by atomic mass is 10.4. The smallest absolute Gasteiger partial charge is 0.215 e. The van der Waals surface area contributed by atoms with Crippen LogP contribution in [0.5, 0.6) is 0 Å². The van der Waals surface area contributed by atoms with Crippen molar-refractivity contribution >= 4 is 15.8 Å². The number of hydrogen-bond donors (Lipinski definition) is 1. The zero-order chi connectivity index (χ0) is 9.19. The molecule has 12 heavy (non-hydrogen) atoms. The molecule has 1 fully saturated rings. The molecule has 1 aliphatic rings. The Morgan fingerprint density at radius 3 is 2.58 bits per heavy atom. The van der Waals surface area contributed by atoms with Crippen molar-refractivity contribution in [2.45, 2.75) is 6.42 Å². The van der Waals surface area contributed by atoms with Crippen molar-refractivity contribution in [1.82, 2.24) is 4.31 Å². The molecule has 0 aliphatic carbocycles. The molecule has 2 N–H and O–H groups in total. The van der Waals surface area contributed by atoms with E-state index in [0.717, 1.165) is 0 Å². The molecule has 0 aromatic carbocycles. The Hall–Kier alpha value is -0.460. The summed E-state index contributed by atoms with van der Waals surface area (Å²) >= 11 is 0. The number of carbonyl (C=O) groups excluding carboxylic acids is 1. The molecule has 0 aromatic heterocycles. The fourth-order valence-corrected chi connectivity index (χ4v) is 2.39. The van der Waals surface area contributed by atoms with E-state index in [1.54, 1.807) is 0 Å². The second kappa shape index (κ2) is 3.51. The quantitative estimate of drug-likeness (QED) is 0.593. The molecule has 6 heteroatoms. The van der Waals surface area contributed by atoms with E-state index in [-0.39, 0.29) is 24.6 Å². The standard InChI is InChI=1S/C6H12N2O3S/c7-2-4-12(10,11)8-3-1-6(9)5-8/h1-5,7H2. The summed E-state index contributed by atoms with van der Waals surface area (Å²) in [5, 5.41) is 0. The Morgan fingerprint density at radius 2 is 2.17 bits per heavy atom. The maximum absolute atomic E-state index is 11.3. The highest BCUT2D eigenvalue weighted by molar-refractivity contribution is 7.89. The molecule has 1 rings (SSSR count). The number of Topliss-reactive ketones (excluding diaryl/α,β-unsaturated/α-hetero) is 1. The van der Waals surface area contributed by atoms with Crippen molar-refractivity contribution in [2.75, 3.05) is 25.4 Å². The van der Waals surface area contributed by atoms with Crippen LogP contribution in [0.4, 0.5) is 0 Å². The maximum Gasteiger partial charge on any atom is 0.215 e. The third-order valence-electron chi connectivity index (χ3n) is 1.76. The Labute approximate surface area is 71.6 Å². The van der Waals surface area contributed by atoms with Crippen molar-refractivity contribution in [2.24, 2.45) is 5.73 Å². The molecule has 1 saturated heterocycles. The van der Waals surface area contributed by atoms with E-state index in [0.29, 0.717) is 13.0 Å². The average Bonchev–Trinajstić information content (AvgIpc) is 2.36. The van der Waals surface area contributed by atoms with Crippen molar-refractivity contribution < 1.29 is 13.2 Å². The minimum Gasteiger partial charge on any atom is -0.329 e. The van der Waals surface area contributed by atoms with Gasteiger partial charge in [0, 0.05) is 19.5 Å². The number of nitrogens with zero attached hydrogens (tertiary/aromatic N) is 1. The topological polar surface area (TPSA) is 80.5 Å². The second-order valence-electron chi connectivity index (χ2n) is 2.73. The summed E-state index contributed by atoms with van der Waals surface area (Å²) in [6.07, 6.45) is 0.337. The highest BCUT2D eigenvalue weighted by atomic mass is 32.2. The normalized spacial score (nSPS) is 20.2. The van der Waals surface area contributed by atoms with Gasteiger partial charge >= 0.3 is 0 Å². The molecule has 0 bridgehead atoms. The number of hydrogen-bond acceptors (Lipinski definition) is 4. The molecule has 0 spiro atoms. The van der Waals surface area contributed by atoms with E-state index in [4.69, 9.17) is 5.73 Å². The minimum atomic E-state index is -3.26. The summed E-state index contributed by atoms with van der Waals surface area (Å²) in [4.78, 5) is 10.8. The van der Waals surface area contributed by atoms with E-state index < -0.39 is 10.0 Å². The number of rotatable bonds is 3.